The van der Waals surface area contributed by atoms with Crippen LogP contribution in [0.5, 0.6) is 0 Å². The van der Waals surface area contributed by atoms with Crippen molar-refractivity contribution < 1.29 is 19.1 Å². The van der Waals surface area contributed by atoms with E-state index in [2.05, 4.69) is 29.2 Å². The summed E-state index contributed by atoms with van der Waals surface area (Å²) in [5.74, 6) is -0.333. The van der Waals surface area contributed by atoms with Gasteiger partial charge < -0.3 is 14.4 Å². The van der Waals surface area contributed by atoms with E-state index in [-0.39, 0.29) is 24.0 Å². The Balaban J connectivity index is 1.69. The molecule has 0 N–H and O–H groups in total. The van der Waals surface area contributed by atoms with Crippen LogP contribution >= 0.6 is 0 Å². The quantitative estimate of drug-likeness (QED) is 0.793. The Hall–Kier alpha value is -2.08. The smallest absolute Gasteiger partial charge is 0.409 e. The van der Waals surface area contributed by atoms with Gasteiger partial charge in [-0.25, -0.2) is 4.79 Å². The highest BCUT2D eigenvalue weighted by atomic mass is 16.5. The zero-order chi connectivity index (χ0) is 17.1. The van der Waals surface area contributed by atoms with Gasteiger partial charge in [0.15, 0.2) is 0 Å². The highest BCUT2D eigenvalue weighted by Crippen LogP contribution is 2.28. The average Bonchev–Trinajstić information content (AvgIpc) is 3.02. The molecule has 0 radical (unpaired) electrons. The molecule has 0 bridgehead atoms. The molecule has 2 aliphatic heterocycles. The minimum atomic E-state index is -0.319. The summed E-state index contributed by atoms with van der Waals surface area (Å²) in [6, 6.07) is 8.36. The number of benzene rings is 1. The molecule has 1 aromatic rings. The van der Waals surface area contributed by atoms with Crippen LogP contribution in [-0.2, 0) is 27.4 Å². The van der Waals surface area contributed by atoms with E-state index in [1.165, 1.54) is 25.3 Å². The predicted octanol–water partition coefficient (Wildman–Crippen LogP) is 2.02. The van der Waals surface area contributed by atoms with Gasteiger partial charge in [0.2, 0.25) is 0 Å². The van der Waals surface area contributed by atoms with Gasteiger partial charge in [0.05, 0.1) is 20.1 Å². The van der Waals surface area contributed by atoms with Crippen molar-refractivity contribution in [3.05, 3.63) is 35.4 Å². The van der Waals surface area contributed by atoms with Crippen molar-refractivity contribution in [2.75, 3.05) is 27.3 Å². The maximum absolute atomic E-state index is 12.1. The third-order valence-corrected chi connectivity index (χ3v) is 5.03. The lowest BCUT2D eigenvalue weighted by molar-refractivity contribution is -0.147. The van der Waals surface area contributed by atoms with Crippen molar-refractivity contribution in [2.45, 2.75) is 32.0 Å². The minimum absolute atomic E-state index is 0.0374. The fraction of sp³-hybridized carbons (Fsp3) is 0.556. The SMILES string of the molecule is COC(=O)C1CCN(C(=O)OC)C(CN2Cc3ccccc3C2)C1. The molecular weight excluding hydrogens is 308 g/mol. The number of hydrogen-bond donors (Lipinski definition) is 0. The molecule has 24 heavy (non-hydrogen) atoms. The molecule has 1 saturated heterocycles. The van der Waals surface area contributed by atoms with E-state index >= 15 is 0 Å². The zero-order valence-corrected chi connectivity index (χ0v) is 14.2. The van der Waals surface area contributed by atoms with Crippen LogP contribution in [0.15, 0.2) is 24.3 Å². The Labute approximate surface area is 142 Å². The first kappa shape index (κ1) is 16.8. The third-order valence-electron chi connectivity index (χ3n) is 5.03. The summed E-state index contributed by atoms with van der Waals surface area (Å²) in [5, 5.41) is 0. The van der Waals surface area contributed by atoms with Gasteiger partial charge in [-0.3, -0.25) is 9.69 Å². The lowest BCUT2D eigenvalue weighted by atomic mass is 9.90. The standard InChI is InChI=1S/C18H24N2O4/c1-23-17(21)13-7-8-20(18(22)24-2)16(9-13)12-19-10-14-5-3-4-6-15(14)11-19/h3-6,13,16H,7-12H2,1-2H3. The van der Waals surface area contributed by atoms with E-state index in [1.807, 2.05) is 0 Å². The van der Waals surface area contributed by atoms with Crippen molar-refractivity contribution in [1.82, 2.24) is 9.80 Å². The molecule has 1 fully saturated rings. The van der Waals surface area contributed by atoms with Crippen molar-refractivity contribution in [1.29, 1.82) is 0 Å². The number of carbonyl (C=O) groups is 2. The Morgan fingerprint density at radius 3 is 2.38 bits per heavy atom. The number of methoxy groups -OCH3 is 2. The number of rotatable bonds is 3. The van der Waals surface area contributed by atoms with Gasteiger partial charge in [-0.05, 0) is 24.0 Å². The number of hydrogen-bond acceptors (Lipinski definition) is 5. The molecule has 1 aromatic carbocycles. The van der Waals surface area contributed by atoms with Crippen LogP contribution in [0.25, 0.3) is 0 Å². The summed E-state index contributed by atoms with van der Waals surface area (Å²) in [6.07, 6.45) is 0.924. The minimum Gasteiger partial charge on any atom is -0.469 e. The summed E-state index contributed by atoms with van der Waals surface area (Å²) in [4.78, 5) is 28.1. The van der Waals surface area contributed by atoms with Crippen molar-refractivity contribution in [3.8, 4) is 0 Å². The molecular formula is C18H24N2O4. The number of fused-ring (bicyclic) bond motifs is 1. The summed E-state index contributed by atoms with van der Waals surface area (Å²) >= 11 is 0. The molecule has 2 unspecified atom stereocenters. The monoisotopic (exact) mass is 332 g/mol. The molecule has 6 nitrogen and oxygen atoms in total. The van der Waals surface area contributed by atoms with E-state index in [1.54, 1.807) is 4.90 Å². The molecule has 0 saturated carbocycles. The second-order valence-corrected chi connectivity index (χ2v) is 6.50. The second-order valence-electron chi connectivity index (χ2n) is 6.50. The average molecular weight is 332 g/mol. The molecule has 0 aromatic heterocycles. The van der Waals surface area contributed by atoms with E-state index in [9.17, 15) is 9.59 Å². The molecule has 1 amide bonds. The van der Waals surface area contributed by atoms with Crippen molar-refractivity contribution in [2.24, 2.45) is 5.92 Å². The van der Waals surface area contributed by atoms with Crippen molar-refractivity contribution in [3.63, 3.8) is 0 Å². The maximum atomic E-state index is 12.1. The molecule has 130 valence electrons. The van der Waals surface area contributed by atoms with E-state index in [0.717, 1.165) is 19.6 Å². The number of likely N-dealkylation sites (tertiary alicyclic amines) is 1. The Bertz CT molecular complexity index is 594. The van der Waals surface area contributed by atoms with E-state index in [4.69, 9.17) is 9.47 Å². The Morgan fingerprint density at radius 2 is 1.79 bits per heavy atom. The Kier molecular flexibility index (Phi) is 5.04. The Morgan fingerprint density at radius 1 is 1.12 bits per heavy atom. The summed E-state index contributed by atoms with van der Waals surface area (Å²) in [6.45, 7) is 3.02. The first-order valence-electron chi connectivity index (χ1n) is 8.34. The molecule has 6 heteroatoms. The zero-order valence-electron chi connectivity index (χ0n) is 14.2. The molecule has 2 aliphatic rings. The summed E-state index contributed by atoms with van der Waals surface area (Å²) in [5.41, 5.74) is 2.67. The van der Waals surface area contributed by atoms with Crippen LogP contribution in [0.4, 0.5) is 4.79 Å². The first-order chi connectivity index (χ1) is 11.6. The molecule has 2 heterocycles. The van der Waals surface area contributed by atoms with Gasteiger partial charge in [-0.1, -0.05) is 24.3 Å². The van der Waals surface area contributed by atoms with E-state index in [0.29, 0.717) is 19.4 Å². The summed E-state index contributed by atoms with van der Waals surface area (Å²) < 4.78 is 9.81. The van der Waals surface area contributed by atoms with Crippen LogP contribution in [0.1, 0.15) is 24.0 Å². The number of piperidine rings is 1. The fourth-order valence-corrected chi connectivity index (χ4v) is 3.79. The van der Waals surface area contributed by atoms with Crippen LogP contribution in [0, 0.1) is 5.92 Å². The number of carbonyl (C=O) groups excluding carboxylic acids is 2. The molecule has 0 spiro atoms. The molecule has 2 atom stereocenters. The van der Waals surface area contributed by atoms with Gasteiger partial charge >= 0.3 is 12.1 Å². The van der Waals surface area contributed by atoms with Gasteiger partial charge in [0.25, 0.3) is 0 Å². The fourth-order valence-electron chi connectivity index (χ4n) is 3.79. The van der Waals surface area contributed by atoms with Crippen LogP contribution in [0.3, 0.4) is 0 Å². The van der Waals surface area contributed by atoms with Crippen LogP contribution < -0.4 is 0 Å². The van der Waals surface area contributed by atoms with Crippen LogP contribution in [0.2, 0.25) is 0 Å². The van der Waals surface area contributed by atoms with E-state index < -0.39 is 0 Å². The lowest BCUT2D eigenvalue weighted by Crippen LogP contribution is -2.51. The predicted molar refractivity (Wildman–Crippen MR) is 88.2 cm³/mol. The first-order valence-corrected chi connectivity index (χ1v) is 8.34. The van der Waals surface area contributed by atoms with Gasteiger partial charge in [0.1, 0.15) is 0 Å². The maximum Gasteiger partial charge on any atom is 0.409 e. The van der Waals surface area contributed by atoms with Gasteiger partial charge in [-0.15, -0.1) is 0 Å². The van der Waals surface area contributed by atoms with Crippen molar-refractivity contribution >= 4 is 12.1 Å². The van der Waals surface area contributed by atoms with Gasteiger partial charge in [0, 0.05) is 32.2 Å². The molecule has 0 aliphatic carbocycles. The highest BCUT2D eigenvalue weighted by Gasteiger charge is 2.37. The number of esters is 1. The second kappa shape index (κ2) is 7.21. The van der Waals surface area contributed by atoms with Crippen LogP contribution in [-0.4, -0.2) is 55.2 Å². The van der Waals surface area contributed by atoms with Gasteiger partial charge in [-0.2, -0.15) is 0 Å². The lowest BCUT2D eigenvalue weighted by Gasteiger charge is -2.39. The largest absolute Gasteiger partial charge is 0.469 e. The normalized spacial score (nSPS) is 23.7. The third kappa shape index (κ3) is 3.38. The number of nitrogens with zero attached hydrogens (tertiary/aromatic N) is 2. The summed E-state index contributed by atoms with van der Waals surface area (Å²) in [7, 11) is 2.82. The number of ether oxygens (including phenoxy) is 2. The topological polar surface area (TPSA) is 59.1 Å². The molecule has 3 rings (SSSR count). The highest BCUT2D eigenvalue weighted by molar-refractivity contribution is 5.73. The number of amides is 1.